The van der Waals surface area contributed by atoms with Gasteiger partial charge in [-0.15, -0.1) is 6.42 Å². The minimum atomic E-state index is 0.128. The van der Waals surface area contributed by atoms with Gasteiger partial charge < -0.3 is 0 Å². The predicted octanol–water partition coefficient (Wildman–Crippen LogP) is 1.64. The molecule has 1 rings (SSSR count). The third kappa shape index (κ3) is 1.62. The number of aromatic nitrogens is 2. The van der Waals surface area contributed by atoms with Crippen molar-refractivity contribution >= 4 is 0 Å². The molecule has 0 N–H and O–H groups in total. The average molecular weight is 148 g/mol. The number of rotatable bonds is 2. The van der Waals surface area contributed by atoms with Gasteiger partial charge in [0.1, 0.15) is 0 Å². The standard InChI is InChI=1S/C9H12N2/c1-4-8(3)9-6-7-11(5-2)10-9/h1,6-8H,5H2,2-3H3. The minimum absolute atomic E-state index is 0.128. The predicted molar refractivity (Wildman–Crippen MR) is 45.1 cm³/mol. The summed E-state index contributed by atoms with van der Waals surface area (Å²) in [4.78, 5) is 0. The third-order valence-electron chi connectivity index (χ3n) is 1.68. The quantitative estimate of drug-likeness (QED) is 0.583. The van der Waals surface area contributed by atoms with Crippen molar-refractivity contribution in [2.45, 2.75) is 26.3 Å². The topological polar surface area (TPSA) is 17.8 Å². The summed E-state index contributed by atoms with van der Waals surface area (Å²) in [7, 11) is 0. The van der Waals surface area contributed by atoms with Crippen LogP contribution in [0.3, 0.4) is 0 Å². The lowest BCUT2D eigenvalue weighted by atomic mass is 10.1. The van der Waals surface area contributed by atoms with Crippen LogP contribution in [0.1, 0.15) is 25.5 Å². The fourth-order valence-electron chi connectivity index (χ4n) is 0.870. The van der Waals surface area contributed by atoms with Crippen molar-refractivity contribution in [3.63, 3.8) is 0 Å². The van der Waals surface area contributed by atoms with Crippen molar-refractivity contribution in [3.05, 3.63) is 18.0 Å². The van der Waals surface area contributed by atoms with E-state index < -0.39 is 0 Å². The number of hydrogen-bond donors (Lipinski definition) is 0. The lowest BCUT2D eigenvalue weighted by molar-refractivity contribution is 0.644. The van der Waals surface area contributed by atoms with Crippen LogP contribution in [0.5, 0.6) is 0 Å². The first kappa shape index (κ1) is 7.87. The monoisotopic (exact) mass is 148 g/mol. The highest BCUT2D eigenvalue weighted by atomic mass is 15.3. The third-order valence-corrected chi connectivity index (χ3v) is 1.68. The van der Waals surface area contributed by atoms with Gasteiger partial charge in [0.25, 0.3) is 0 Å². The van der Waals surface area contributed by atoms with Crippen molar-refractivity contribution in [1.29, 1.82) is 0 Å². The van der Waals surface area contributed by atoms with E-state index in [2.05, 4.69) is 17.9 Å². The maximum absolute atomic E-state index is 5.26. The molecule has 2 heteroatoms. The SMILES string of the molecule is C#CC(C)c1ccn(CC)n1. The summed E-state index contributed by atoms with van der Waals surface area (Å²) in [6.07, 6.45) is 7.20. The smallest absolute Gasteiger partial charge is 0.0771 e. The van der Waals surface area contributed by atoms with Gasteiger partial charge in [-0.05, 0) is 19.9 Å². The second-order valence-corrected chi connectivity index (χ2v) is 2.48. The Morgan fingerprint density at radius 1 is 1.82 bits per heavy atom. The second-order valence-electron chi connectivity index (χ2n) is 2.48. The highest BCUT2D eigenvalue weighted by Crippen LogP contribution is 2.09. The number of aryl methyl sites for hydroxylation is 1. The zero-order valence-corrected chi connectivity index (χ0v) is 6.91. The summed E-state index contributed by atoms with van der Waals surface area (Å²) in [5.74, 6) is 2.77. The molecule has 11 heavy (non-hydrogen) atoms. The van der Waals surface area contributed by atoms with Gasteiger partial charge in [-0.25, -0.2) is 0 Å². The van der Waals surface area contributed by atoms with E-state index in [1.807, 2.05) is 23.9 Å². The molecule has 1 unspecified atom stereocenters. The molecule has 1 aromatic heterocycles. The van der Waals surface area contributed by atoms with Gasteiger partial charge in [-0.2, -0.15) is 5.10 Å². The first-order valence-corrected chi connectivity index (χ1v) is 3.77. The summed E-state index contributed by atoms with van der Waals surface area (Å²) in [6, 6.07) is 1.97. The molecule has 0 radical (unpaired) electrons. The Labute approximate surface area is 67.2 Å². The molecular formula is C9H12N2. The van der Waals surface area contributed by atoms with E-state index in [0.29, 0.717) is 0 Å². The zero-order valence-electron chi connectivity index (χ0n) is 6.91. The van der Waals surface area contributed by atoms with Crippen molar-refractivity contribution in [3.8, 4) is 12.3 Å². The van der Waals surface area contributed by atoms with E-state index in [-0.39, 0.29) is 5.92 Å². The van der Waals surface area contributed by atoms with Crippen LogP contribution in [0.4, 0.5) is 0 Å². The first-order chi connectivity index (χ1) is 5.27. The van der Waals surface area contributed by atoms with Crippen LogP contribution in [-0.4, -0.2) is 9.78 Å². The largest absolute Gasteiger partial charge is 0.273 e. The molecule has 1 aromatic rings. The van der Waals surface area contributed by atoms with Crippen LogP contribution in [0.2, 0.25) is 0 Å². The molecule has 0 bridgehead atoms. The lowest BCUT2D eigenvalue weighted by Crippen LogP contribution is -1.97. The minimum Gasteiger partial charge on any atom is -0.273 e. The van der Waals surface area contributed by atoms with Crippen molar-refractivity contribution < 1.29 is 0 Å². The summed E-state index contributed by atoms with van der Waals surface area (Å²) in [6.45, 7) is 4.93. The first-order valence-electron chi connectivity index (χ1n) is 3.77. The number of nitrogens with zero attached hydrogens (tertiary/aromatic N) is 2. The molecule has 0 saturated carbocycles. The Morgan fingerprint density at radius 2 is 2.55 bits per heavy atom. The van der Waals surface area contributed by atoms with Crippen LogP contribution in [0.15, 0.2) is 12.3 Å². The highest BCUT2D eigenvalue weighted by Gasteiger charge is 2.03. The van der Waals surface area contributed by atoms with Gasteiger partial charge in [0.2, 0.25) is 0 Å². The summed E-state index contributed by atoms with van der Waals surface area (Å²) in [5.41, 5.74) is 0.981. The second kappa shape index (κ2) is 3.25. The molecule has 0 aliphatic rings. The van der Waals surface area contributed by atoms with E-state index in [9.17, 15) is 0 Å². The summed E-state index contributed by atoms with van der Waals surface area (Å²) >= 11 is 0. The molecule has 2 nitrogen and oxygen atoms in total. The van der Waals surface area contributed by atoms with Crippen LogP contribution in [0.25, 0.3) is 0 Å². The lowest BCUT2D eigenvalue weighted by Gasteiger charge is -1.97. The molecule has 0 aliphatic heterocycles. The van der Waals surface area contributed by atoms with Gasteiger partial charge in [-0.1, -0.05) is 5.92 Å². The Bertz CT molecular complexity index is 267. The fraction of sp³-hybridized carbons (Fsp3) is 0.444. The van der Waals surface area contributed by atoms with Crippen LogP contribution >= 0.6 is 0 Å². The van der Waals surface area contributed by atoms with Crippen molar-refractivity contribution in [1.82, 2.24) is 9.78 Å². The van der Waals surface area contributed by atoms with Crippen LogP contribution in [-0.2, 0) is 6.54 Å². The molecule has 0 fully saturated rings. The summed E-state index contributed by atoms with van der Waals surface area (Å²) < 4.78 is 1.88. The van der Waals surface area contributed by atoms with Crippen LogP contribution < -0.4 is 0 Å². The Balaban J connectivity index is 2.82. The molecule has 1 heterocycles. The van der Waals surface area contributed by atoms with E-state index in [1.54, 1.807) is 0 Å². The molecule has 0 amide bonds. The molecule has 0 aromatic carbocycles. The Hall–Kier alpha value is -1.23. The molecule has 0 saturated heterocycles. The molecule has 1 atom stereocenters. The maximum Gasteiger partial charge on any atom is 0.0771 e. The van der Waals surface area contributed by atoms with Gasteiger partial charge in [0, 0.05) is 12.7 Å². The van der Waals surface area contributed by atoms with Crippen molar-refractivity contribution in [2.75, 3.05) is 0 Å². The van der Waals surface area contributed by atoms with E-state index in [4.69, 9.17) is 6.42 Å². The van der Waals surface area contributed by atoms with E-state index in [0.717, 1.165) is 12.2 Å². The number of terminal acetylenes is 1. The highest BCUT2D eigenvalue weighted by molar-refractivity contribution is 5.15. The molecule has 0 aliphatic carbocycles. The van der Waals surface area contributed by atoms with Gasteiger partial charge in [0.05, 0.1) is 11.6 Å². The normalized spacial score (nSPS) is 12.5. The van der Waals surface area contributed by atoms with Gasteiger partial charge in [0.15, 0.2) is 0 Å². The molecule has 58 valence electrons. The molecule has 0 spiro atoms. The average Bonchev–Trinajstić information content (AvgIpc) is 2.50. The number of hydrogen-bond acceptors (Lipinski definition) is 1. The fourth-order valence-corrected chi connectivity index (χ4v) is 0.870. The van der Waals surface area contributed by atoms with Crippen LogP contribution in [0, 0.1) is 12.3 Å². The zero-order chi connectivity index (χ0) is 8.27. The summed E-state index contributed by atoms with van der Waals surface area (Å²) in [5, 5.41) is 4.27. The van der Waals surface area contributed by atoms with E-state index >= 15 is 0 Å². The van der Waals surface area contributed by atoms with Gasteiger partial charge in [-0.3, -0.25) is 4.68 Å². The maximum atomic E-state index is 5.26. The van der Waals surface area contributed by atoms with Gasteiger partial charge >= 0.3 is 0 Å². The molecular weight excluding hydrogens is 136 g/mol. The Morgan fingerprint density at radius 3 is 3.00 bits per heavy atom. The van der Waals surface area contributed by atoms with Crippen molar-refractivity contribution in [2.24, 2.45) is 0 Å². The Kier molecular flexibility index (Phi) is 2.32. The van der Waals surface area contributed by atoms with E-state index in [1.165, 1.54) is 0 Å².